The fourth-order valence-electron chi connectivity index (χ4n) is 1.99. The number of carbonyl (C=O) groups is 3. The van der Waals surface area contributed by atoms with E-state index in [2.05, 4.69) is 15.2 Å². The highest BCUT2D eigenvalue weighted by Crippen LogP contribution is 2.18. The Kier molecular flexibility index (Phi) is 4.02. The lowest BCUT2D eigenvalue weighted by Crippen LogP contribution is -2.25. The van der Waals surface area contributed by atoms with Gasteiger partial charge in [0.15, 0.2) is 0 Å². The summed E-state index contributed by atoms with van der Waals surface area (Å²) in [5.41, 5.74) is 0.487. The third kappa shape index (κ3) is 3.14. The van der Waals surface area contributed by atoms with Gasteiger partial charge in [-0.05, 0) is 0 Å². The highest BCUT2D eigenvalue weighted by Gasteiger charge is 2.32. The van der Waals surface area contributed by atoms with Gasteiger partial charge in [0, 0.05) is 26.2 Å². The van der Waals surface area contributed by atoms with Gasteiger partial charge in [-0.15, -0.1) is 0 Å². The van der Waals surface area contributed by atoms with Gasteiger partial charge in [-0.3, -0.25) is 19.1 Å². The number of carbonyl (C=O) groups excluding carboxylic acids is 3. The van der Waals surface area contributed by atoms with Gasteiger partial charge in [-0.2, -0.15) is 5.10 Å². The van der Waals surface area contributed by atoms with E-state index in [1.54, 1.807) is 7.05 Å². The van der Waals surface area contributed by atoms with Gasteiger partial charge in [-0.25, -0.2) is 0 Å². The van der Waals surface area contributed by atoms with Crippen LogP contribution in [0, 0.1) is 5.92 Å². The highest BCUT2D eigenvalue weighted by atomic mass is 16.5. The highest BCUT2D eigenvalue weighted by molar-refractivity contribution is 5.96. The zero-order valence-electron chi connectivity index (χ0n) is 11.3. The predicted molar refractivity (Wildman–Crippen MR) is 68.6 cm³/mol. The SMILES string of the molecule is COC(=O)Cn1cc(NC(=O)C2CC(=O)N(C)C2)cn1. The average molecular weight is 280 g/mol. The molecule has 1 aliphatic heterocycles. The van der Waals surface area contributed by atoms with Crippen molar-refractivity contribution in [2.45, 2.75) is 13.0 Å². The number of nitrogens with one attached hydrogen (secondary N) is 1. The second kappa shape index (κ2) is 5.72. The molecule has 108 valence electrons. The Morgan fingerprint density at radius 1 is 1.55 bits per heavy atom. The van der Waals surface area contributed by atoms with Crippen molar-refractivity contribution in [2.75, 3.05) is 26.0 Å². The molecular weight excluding hydrogens is 264 g/mol. The number of rotatable bonds is 4. The molecule has 0 aliphatic carbocycles. The number of anilines is 1. The lowest BCUT2D eigenvalue weighted by molar-refractivity contribution is -0.141. The van der Waals surface area contributed by atoms with Gasteiger partial charge in [0.05, 0.1) is 24.9 Å². The van der Waals surface area contributed by atoms with Crippen molar-refractivity contribution in [1.29, 1.82) is 0 Å². The van der Waals surface area contributed by atoms with E-state index in [1.807, 2.05) is 0 Å². The summed E-state index contributed by atoms with van der Waals surface area (Å²) in [6.07, 6.45) is 3.20. The maximum Gasteiger partial charge on any atom is 0.327 e. The number of hydrogen-bond donors (Lipinski definition) is 1. The first-order valence-corrected chi connectivity index (χ1v) is 6.13. The Balaban J connectivity index is 1.92. The van der Waals surface area contributed by atoms with E-state index >= 15 is 0 Å². The minimum absolute atomic E-state index is 0.0168. The molecule has 2 heterocycles. The first kappa shape index (κ1) is 14.0. The Bertz CT molecular complexity index is 539. The molecule has 8 nitrogen and oxygen atoms in total. The van der Waals surface area contributed by atoms with Crippen LogP contribution in [0.2, 0.25) is 0 Å². The van der Waals surface area contributed by atoms with E-state index in [1.165, 1.54) is 29.1 Å². The van der Waals surface area contributed by atoms with E-state index in [0.717, 1.165) is 0 Å². The van der Waals surface area contributed by atoms with Crippen LogP contribution >= 0.6 is 0 Å². The zero-order chi connectivity index (χ0) is 14.7. The molecule has 1 aliphatic rings. The maximum absolute atomic E-state index is 12.0. The minimum atomic E-state index is -0.422. The van der Waals surface area contributed by atoms with Crippen LogP contribution in [0.5, 0.6) is 0 Å². The number of aromatic nitrogens is 2. The Morgan fingerprint density at radius 2 is 2.30 bits per heavy atom. The van der Waals surface area contributed by atoms with Crippen molar-refractivity contribution in [3.63, 3.8) is 0 Å². The summed E-state index contributed by atoms with van der Waals surface area (Å²) >= 11 is 0. The summed E-state index contributed by atoms with van der Waals surface area (Å²) in [5.74, 6) is -1.03. The number of methoxy groups -OCH3 is 1. The lowest BCUT2D eigenvalue weighted by atomic mass is 10.1. The first-order chi connectivity index (χ1) is 9.49. The molecule has 1 unspecified atom stereocenters. The number of amides is 2. The molecule has 1 aromatic heterocycles. The second-order valence-corrected chi connectivity index (χ2v) is 4.67. The minimum Gasteiger partial charge on any atom is -0.468 e. The van der Waals surface area contributed by atoms with Crippen molar-refractivity contribution < 1.29 is 19.1 Å². The van der Waals surface area contributed by atoms with Gasteiger partial charge < -0.3 is 15.0 Å². The standard InChI is InChI=1S/C12H16N4O4/c1-15-5-8(3-10(15)17)12(19)14-9-4-13-16(6-9)7-11(18)20-2/h4,6,8H,3,5,7H2,1-2H3,(H,14,19). The summed E-state index contributed by atoms with van der Waals surface area (Å²) in [5, 5.41) is 6.62. The largest absolute Gasteiger partial charge is 0.468 e. The summed E-state index contributed by atoms with van der Waals surface area (Å²) in [7, 11) is 2.96. The van der Waals surface area contributed by atoms with Crippen molar-refractivity contribution in [3.8, 4) is 0 Å². The Labute approximate surface area is 115 Å². The molecule has 0 radical (unpaired) electrons. The summed E-state index contributed by atoms with van der Waals surface area (Å²) < 4.78 is 5.89. The molecule has 2 amide bonds. The fraction of sp³-hybridized carbons (Fsp3) is 0.500. The first-order valence-electron chi connectivity index (χ1n) is 6.13. The van der Waals surface area contributed by atoms with Crippen LogP contribution < -0.4 is 5.32 Å². The molecule has 0 bridgehead atoms. The molecule has 1 atom stereocenters. The fourth-order valence-corrected chi connectivity index (χ4v) is 1.99. The van der Waals surface area contributed by atoms with Crippen LogP contribution in [0.25, 0.3) is 0 Å². The molecule has 20 heavy (non-hydrogen) atoms. The summed E-state index contributed by atoms with van der Waals surface area (Å²) in [6.45, 7) is 0.401. The number of likely N-dealkylation sites (tertiary alicyclic amines) is 1. The Hall–Kier alpha value is -2.38. The van der Waals surface area contributed by atoms with E-state index in [-0.39, 0.29) is 30.7 Å². The molecule has 1 fully saturated rings. The van der Waals surface area contributed by atoms with E-state index in [0.29, 0.717) is 12.2 Å². The number of hydrogen-bond acceptors (Lipinski definition) is 5. The number of ether oxygens (including phenoxy) is 1. The van der Waals surface area contributed by atoms with E-state index in [4.69, 9.17) is 0 Å². The van der Waals surface area contributed by atoms with E-state index < -0.39 is 5.97 Å². The molecular formula is C12H16N4O4. The van der Waals surface area contributed by atoms with Crippen molar-refractivity contribution >= 4 is 23.5 Å². The molecule has 0 saturated carbocycles. The number of nitrogens with zero attached hydrogens (tertiary/aromatic N) is 3. The van der Waals surface area contributed by atoms with Gasteiger partial charge in [0.2, 0.25) is 11.8 Å². The summed E-state index contributed by atoms with van der Waals surface area (Å²) in [4.78, 5) is 36.0. The monoisotopic (exact) mass is 280 g/mol. The quantitative estimate of drug-likeness (QED) is 0.748. The van der Waals surface area contributed by atoms with Gasteiger partial charge in [-0.1, -0.05) is 0 Å². The number of esters is 1. The van der Waals surface area contributed by atoms with Gasteiger partial charge in [0.25, 0.3) is 0 Å². The van der Waals surface area contributed by atoms with E-state index in [9.17, 15) is 14.4 Å². The van der Waals surface area contributed by atoms with Crippen LogP contribution in [0.4, 0.5) is 5.69 Å². The normalized spacial score (nSPS) is 18.2. The van der Waals surface area contributed by atoms with Crippen LogP contribution in [-0.2, 0) is 25.7 Å². The van der Waals surface area contributed by atoms with Crippen LogP contribution in [0.1, 0.15) is 6.42 Å². The zero-order valence-corrected chi connectivity index (χ0v) is 11.3. The topological polar surface area (TPSA) is 93.5 Å². The second-order valence-electron chi connectivity index (χ2n) is 4.67. The van der Waals surface area contributed by atoms with Crippen LogP contribution in [-0.4, -0.2) is 53.2 Å². The third-order valence-electron chi connectivity index (χ3n) is 3.13. The van der Waals surface area contributed by atoms with Gasteiger partial charge >= 0.3 is 5.97 Å². The smallest absolute Gasteiger partial charge is 0.327 e. The van der Waals surface area contributed by atoms with Crippen molar-refractivity contribution in [3.05, 3.63) is 12.4 Å². The maximum atomic E-state index is 12.0. The van der Waals surface area contributed by atoms with Gasteiger partial charge in [0.1, 0.15) is 6.54 Å². The summed E-state index contributed by atoms with van der Waals surface area (Å²) in [6, 6.07) is 0. The molecule has 0 aromatic carbocycles. The molecule has 1 aromatic rings. The van der Waals surface area contributed by atoms with Crippen LogP contribution in [0.3, 0.4) is 0 Å². The van der Waals surface area contributed by atoms with Crippen LogP contribution in [0.15, 0.2) is 12.4 Å². The molecule has 0 spiro atoms. The van der Waals surface area contributed by atoms with Crippen molar-refractivity contribution in [1.82, 2.24) is 14.7 Å². The third-order valence-corrected chi connectivity index (χ3v) is 3.13. The predicted octanol–water partition coefficient (Wildman–Crippen LogP) is -0.527. The molecule has 2 rings (SSSR count). The average Bonchev–Trinajstić information content (AvgIpc) is 2.97. The molecule has 8 heteroatoms. The lowest BCUT2D eigenvalue weighted by Gasteiger charge is -2.09. The molecule has 1 saturated heterocycles. The van der Waals surface area contributed by atoms with Crippen molar-refractivity contribution in [2.24, 2.45) is 5.92 Å². The molecule has 1 N–H and O–H groups in total. The Morgan fingerprint density at radius 3 is 2.90 bits per heavy atom.